The van der Waals surface area contributed by atoms with E-state index in [0.29, 0.717) is 45.9 Å². The van der Waals surface area contributed by atoms with Crippen molar-refractivity contribution in [3.8, 4) is 0 Å². The molecule has 2 rings (SSSR count). The lowest BCUT2D eigenvalue weighted by Gasteiger charge is -2.14. The minimum atomic E-state index is -3.43. The van der Waals surface area contributed by atoms with Crippen molar-refractivity contribution in [1.29, 1.82) is 0 Å². The summed E-state index contributed by atoms with van der Waals surface area (Å²) in [6.07, 6.45) is 0.509. The molecule has 0 aliphatic carbocycles. The van der Waals surface area contributed by atoms with E-state index in [1.54, 1.807) is 45.9 Å². The van der Waals surface area contributed by atoms with E-state index < -0.39 is 10.0 Å². The number of anilines is 2. The molecular formula is C19H25N3O4S. The molecule has 0 atom stereocenters. The number of hydrogen-bond donors (Lipinski definition) is 3. The average Bonchev–Trinajstić information content (AvgIpc) is 2.85. The highest BCUT2D eigenvalue weighted by atomic mass is 32.2. The number of carbonyl (C=O) groups is 2. The van der Waals surface area contributed by atoms with Gasteiger partial charge in [0.25, 0.3) is 5.91 Å². The molecule has 3 N–H and O–H groups in total. The van der Waals surface area contributed by atoms with Gasteiger partial charge >= 0.3 is 0 Å². The van der Waals surface area contributed by atoms with E-state index in [1.165, 1.54) is 6.92 Å². The smallest absolute Gasteiger partial charge is 0.272 e. The van der Waals surface area contributed by atoms with Gasteiger partial charge < -0.3 is 10.3 Å². The summed E-state index contributed by atoms with van der Waals surface area (Å²) in [5.74, 6) is -0.471. The molecule has 0 spiro atoms. The van der Waals surface area contributed by atoms with Gasteiger partial charge in [0.15, 0.2) is 5.78 Å². The van der Waals surface area contributed by atoms with Crippen molar-refractivity contribution in [3.05, 3.63) is 46.3 Å². The SMILES string of the molecule is CCCS(=O)(=O)Nc1cccc(NC(=O)c2[nH]c(C)c(C(C)=O)c2C)c1C. The van der Waals surface area contributed by atoms with Crippen LogP contribution < -0.4 is 10.0 Å². The molecule has 146 valence electrons. The Kier molecular flexibility index (Phi) is 6.10. The normalized spacial score (nSPS) is 11.3. The van der Waals surface area contributed by atoms with Crippen LogP contribution in [0, 0.1) is 20.8 Å². The molecule has 7 nitrogen and oxygen atoms in total. The first-order valence-corrected chi connectivity index (χ1v) is 10.3. The van der Waals surface area contributed by atoms with Gasteiger partial charge in [0.05, 0.1) is 11.4 Å². The molecule has 0 saturated carbocycles. The standard InChI is InChI=1S/C19H25N3O4S/c1-6-10-27(25,26)22-16-9-7-8-15(11(16)2)21-19(24)18-12(3)17(14(5)23)13(4)20-18/h7-9,20,22H,6,10H2,1-5H3,(H,21,24). The van der Waals surface area contributed by atoms with E-state index in [2.05, 4.69) is 15.0 Å². The Morgan fingerprint density at radius 3 is 2.26 bits per heavy atom. The third-order valence-electron chi connectivity index (χ3n) is 4.34. The van der Waals surface area contributed by atoms with Crippen molar-refractivity contribution < 1.29 is 18.0 Å². The van der Waals surface area contributed by atoms with Gasteiger partial charge in [-0.25, -0.2) is 8.42 Å². The molecule has 0 aliphatic rings. The number of aryl methyl sites for hydroxylation is 1. The molecule has 1 aromatic heterocycles. The fraction of sp³-hybridized carbons (Fsp3) is 0.368. The molecule has 27 heavy (non-hydrogen) atoms. The van der Waals surface area contributed by atoms with Crippen LogP contribution in [-0.2, 0) is 10.0 Å². The number of rotatable bonds is 7. The second-order valence-corrected chi connectivity index (χ2v) is 8.38. The number of nitrogens with one attached hydrogen (secondary N) is 3. The zero-order valence-corrected chi connectivity index (χ0v) is 17.0. The van der Waals surface area contributed by atoms with Gasteiger partial charge in [-0.3, -0.25) is 14.3 Å². The van der Waals surface area contributed by atoms with E-state index in [-0.39, 0.29) is 17.4 Å². The molecule has 0 aliphatic heterocycles. The second kappa shape index (κ2) is 7.96. The highest BCUT2D eigenvalue weighted by Gasteiger charge is 2.21. The van der Waals surface area contributed by atoms with Crippen LogP contribution in [0.25, 0.3) is 0 Å². The maximum absolute atomic E-state index is 12.7. The Hall–Kier alpha value is -2.61. The highest BCUT2D eigenvalue weighted by Crippen LogP contribution is 2.26. The van der Waals surface area contributed by atoms with Crippen LogP contribution in [0.4, 0.5) is 11.4 Å². The first-order chi connectivity index (χ1) is 12.6. The number of H-pyrrole nitrogens is 1. The number of amides is 1. The van der Waals surface area contributed by atoms with Crippen molar-refractivity contribution in [2.75, 3.05) is 15.8 Å². The third kappa shape index (κ3) is 4.57. The zero-order chi connectivity index (χ0) is 20.4. The number of carbonyl (C=O) groups excluding carboxylic acids is 2. The number of sulfonamides is 1. The molecule has 2 aromatic rings. The molecule has 0 radical (unpaired) electrons. The summed E-state index contributed by atoms with van der Waals surface area (Å²) in [5.41, 5.74) is 3.58. The zero-order valence-electron chi connectivity index (χ0n) is 16.2. The maximum atomic E-state index is 12.7. The fourth-order valence-electron chi connectivity index (χ4n) is 3.06. The van der Waals surface area contributed by atoms with E-state index in [4.69, 9.17) is 0 Å². The quantitative estimate of drug-likeness (QED) is 0.627. The van der Waals surface area contributed by atoms with E-state index in [1.807, 2.05) is 0 Å². The van der Waals surface area contributed by atoms with Gasteiger partial charge in [-0.05, 0) is 57.4 Å². The molecule has 0 fully saturated rings. The van der Waals surface area contributed by atoms with Gasteiger partial charge in [0.2, 0.25) is 10.0 Å². The molecule has 0 unspecified atom stereocenters. The number of ketones is 1. The van der Waals surface area contributed by atoms with Crippen LogP contribution in [-0.4, -0.2) is 30.8 Å². The Bertz CT molecular complexity index is 991. The number of hydrogen-bond acceptors (Lipinski definition) is 4. The minimum Gasteiger partial charge on any atom is -0.354 e. The Labute approximate surface area is 159 Å². The van der Waals surface area contributed by atoms with Gasteiger partial charge in [0.1, 0.15) is 5.69 Å². The van der Waals surface area contributed by atoms with Crippen molar-refractivity contribution in [2.24, 2.45) is 0 Å². The van der Waals surface area contributed by atoms with Crippen molar-refractivity contribution >= 4 is 33.1 Å². The van der Waals surface area contributed by atoms with Crippen LogP contribution in [0.15, 0.2) is 18.2 Å². The van der Waals surface area contributed by atoms with E-state index >= 15 is 0 Å². The van der Waals surface area contributed by atoms with Crippen molar-refractivity contribution in [1.82, 2.24) is 4.98 Å². The van der Waals surface area contributed by atoms with Crippen LogP contribution >= 0.6 is 0 Å². The molecule has 1 heterocycles. The van der Waals surface area contributed by atoms with Crippen LogP contribution in [0.3, 0.4) is 0 Å². The summed E-state index contributed by atoms with van der Waals surface area (Å²) < 4.78 is 26.6. The molecule has 1 aromatic carbocycles. The number of aromatic amines is 1. The predicted octanol–water partition coefficient (Wildman–Crippen LogP) is 3.55. The lowest BCUT2D eigenvalue weighted by molar-refractivity contribution is 0.101. The molecule has 0 bridgehead atoms. The molecule has 8 heteroatoms. The van der Waals surface area contributed by atoms with Crippen LogP contribution in [0.5, 0.6) is 0 Å². The largest absolute Gasteiger partial charge is 0.354 e. The summed E-state index contributed by atoms with van der Waals surface area (Å²) in [5, 5.41) is 2.79. The average molecular weight is 391 g/mol. The fourth-order valence-corrected chi connectivity index (χ4v) is 4.25. The first kappa shape index (κ1) is 20.7. The molecule has 0 saturated heterocycles. The Balaban J connectivity index is 2.31. The summed E-state index contributed by atoms with van der Waals surface area (Å²) in [6.45, 7) is 8.44. The monoisotopic (exact) mass is 391 g/mol. The van der Waals surface area contributed by atoms with E-state index in [9.17, 15) is 18.0 Å². The summed E-state index contributed by atoms with van der Waals surface area (Å²) >= 11 is 0. The summed E-state index contributed by atoms with van der Waals surface area (Å²) in [4.78, 5) is 27.4. The highest BCUT2D eigenvalue weighted by molar-refractivity contribution is 7.92. The molecular weight excluding hydrogens is 366 g/mol. The Morgan fingerprint density at radius 1 is 1.07 bits per heavy atom. The van der Waals surface area contributed by atoms with Crippen molar-refractivity contribution in [2.45, 2.75) is 41.0 Å². The number of benzene rings is 1. The van der Waals surface area contributed by atoms with Crippen LogP contribution in [0.1, 0.15) is 57.9 Å². The van der Waals surface area contributed by atoms with Gasteiger partial charge in [-0.15, -0.1) is 0 Å². The van der Waals surface area contributed by atoms with Gasteiger partial charge in [-0.2, -0.15) is 0 Å². The summed E-state index contributed by atoms with van der Waals surface area (Å²) in [6, 6.07) is 5.01. The third-order valence-corrected chi connectivity index (χ3v) is 5.81. The lowest BCUT2D eigenvalue weighted by atomic mass is 10.1. The number of aromatic nitrogens is 1. The predicted molar refractivity (Wildman–Crippen MR) is 107 cm³/mol. The Morgan fingerprint density at radius 2 is 1.70 bits per heavy atom. The van der Waals surface area contributed by atoms with Crippen molar-refractivity contribution in [3.63, 3.8) is 0 Å². The maximum Gasteiger partial charge on any atom is 0.272 e. The number of Topliss-reactive ketones (excluding diaryl/α,β-unsaturated/α-hetero) is 1. The van der Waals surface area contributed by atoms with Gasteiger partial charge in [0, 0.05) is 16.9 Å². The first-order valence-electron chi connectivity index (χ1n) is 8.69. The minimum absolute atomic E-state index is 0.0256. The van der Waals surface area contributed by atoms with Crippen LogP contribution in [0.2, 0.25) is 0 Å². The van der Waals surface area contributed by atoms with E-state index in [0.717, 1.165) is 0 Å². The summed E-state index contributed by atoms with van der Waals surface area (Å²) in [7, 11) is -3.43. The molecule has 1 amide bonds. The lowest BCUT2D eigenvalue weighted by Crippen LogP contribution is -2.18. The second-order valence-electron chi connectivity index (χ2n) is 6.53. The van der Waals surface area contributed by atoms with Gasteiger partial charge in [-0.1, -0.05) is 13.0 Å². The topological polar surface area (TPSA) is 108 Å².